The molecule has 6 heteroatoms. The Morgan fingerprint density at radius 3 is 2.65 bits per heavy atom. The first-order valence-electron chi connectivity index (χ1n) is 7.45. The van der Waals surface area contributed by atoms with Crippen LogP contribution in [0.15, 0.2) is 48.7 Å². The molecule has 1 heterocycles. The Morgan fingerprint density at radius 2 is 1.96 bits per heavy atom. The molecule has 3 N–H and O–H groups in total. The quantitative estimate of drug-likeness (QED) is 0.728. The second-order valence-electron chi connectivity index (χ2n) is 5.23. The molecule has 1 atom stereocenters. The Bertz CT molecular complexity index is 622. The molecule has 0 spiro atoms. The van der Waals surface area contributed by atoms with Crippen molar-refractivity contribution in [1.82, 2.24) is 15.6 Å². The summed E-state index contributed by atoms with van der Waals surface area (Å²) in [4.78, 5) is 16.1. The van der Waals surface area contributed by atoms with Gasteiger partial charge in [-0.15, -0.1) is 0 Å². The third kappa shape index (κ3) is 5.88. The summed E-state index contributed by atoms with van der Waals surface area (Å²) in [6.45, 7) is 0.721. The van der Waals surface area contributed by atoms with Crippen LogP contribution in [0.1, 0.15) is 11.3 Å². The first-order chi connectivity index (χ1) is 11.2. The number of urea groups is 1. The van der Waals surface area contributed by atoms with Crippen LogP contribution in [0, 0.1) is 5.92 Å². The lowest BCUT2D eigenvalue weighted by molar-refractivity contribution is 0.213. The van der Waals surface area contributed by atoms with Gasteiger partial charge in [0.1, 0.15) is 0 Å². The molecule has 2 amide bonds. The van der Waals surface area contributed by atoms with E-state index < -0.39 is 0 Å². The van der Waals surface area contributed by atoms with E-state index in [1.165, 1.54) is 0 Å². The largest absolute Gasteiger partial charge is 0.396 e. The zero-order valence-electron chi connectivity index (χ0n) is 12.7. The number of carbonyl (C=O) groups is 1. The van der Waals surface area contributed by atoms with Crippen LogP contribution >= 0.6 is 11.6 Å². The van der Waals surface area contributed by atoms with Crippen LogP contribution in [-0.2, 0) is 13.0 Å². The van der Waals surface area contributed by atoms with E-state index in [0.29, 0.717) is 24.5 Å². The summed E-state index contributed by atoms with van der Waals surface area (Å²) in [6, 6.07) is 12.7. The topological polar surface area (TPSA) is 74.2 Å². The summed E-state index contributed by atoms with van der Waals surface area (Å²) in [5.74, 6) is -0.0732. The van der Waals surface area contributed by atoms with E-state index in [-0.39, 0.29) is 18.6 Å². The van der Waals surface area contributed by atoms with Crippen molar-refractivity contribution in [1.29, 1.82) is 0 Å². The molecule has 122 valence electrons. The molecule has 2 aromatic rings. The molecule has 23 heavy (non-hydrogen) atoms. The minimum Gasteiger partial charge on any atom is -0.396 e. The van der Waals surface area contributed by atoms with Crippen molar-refractivity contribution in [2.45, 2.75) is 13.0 Å². The number of aliphatic hydroxyl groups excluding tert-OH is 1. The van der Waals surface area contributed by atoms with Gasteiger partial charge < -0.3 is 15.7 Å². The lowest BCUT2D eigenvalue weighted by Gasteiger charge is -2.15. The highest BCUT2D eigenvalue weighted by molar-refractivity contribution is 6.31. The molecule has 1 aromatic carbocycles. The van der Waals surface area contributed by atoms with Crippen LogP contribution in [0.2, 0.25) is 5.02 Å². The maximum atomic E-state index is 11.8. The van der Waals surface area contributed by atoms with Crippen molar-refractivity contribution >= 4 is 17.6 Å². The molecular formula is C17H20ClN3O2. The minimum absolute atomic E-state index is 0.0125. The van der Waals surface area contributed by atoms with Gasteiger partial charge in [-0.25, -0.2) is 4.79 Å². The van der Waals surface area contributed by atoms with Gasteiger partial charge in [-0.3, -0.25) is 4.98 Å². The summed E-state index contributed by atoms with van der Waals surface area (Å²) < 4.78 is 0. The lowest BCUT2D eigenvalue weighted by atomic mass is 10.0. The van der Waals surface area contributed by atoms with E-state index in [4.69, 9.17) is 11.6 Å². The fraction of sp³-hybridized carbons (Fsp3) is 0.294. The zero-order chi connectivity index (χ0) is 16.5. The van der Waals surface area contributed by atoms with E-state index >= 15 is 0 Å². The molecule has 5 nitrogen and oxygen atoms in total. The Balaban J connectivity index is 1.75. The summed E-state index contributed by atoms with van der Waals surface area (Å²) in [5.41, 5.74) is 1.75. The number of rotatable bonds is 7. The molecule has 1 unspecified atom stereocenters. The van der Waals surface area contributed by atoms with Gasteiger partial charge in [0.2, 0.25) is 0 Å². The monoisotopic (exact) mass is 333 g/mol. The first kappa shape index (κ1) is 17.2. The molecule has 1 aromatic heterocycles. The molecule has 0 aliphatic carbocycles. The molecule has 0 radical (unpaired) electrons. The molecular weight excluding hydrogens is 314 g/mol. The minimum atomic E-state index is -0.288. The third-order valence-corrected chi connectivity index (χ3v) is 3.80. The molecule has 0 saturated carbocycles. The second kappa shape index (κ2) is 9.12. The van der Waals surface area contributed by atoms with Crippen molar-refractivity contribution < 1.29 is 9.90 Å². The average molecular weight is 334 g/mol. The summed E-state index contributed by atoms with van der Waals surface area (Å²) in [6.07, 6.45) is 2.33. The Kier molecular flexibility index (Phi) is 6.84. The number of pyridine rings is 1. The molecule has 2 rings (SSSR count). The van der Waals surface area contributed by atoms with Crippen LogP contribution in [0.5, 0.6) is 0 Å². The fourth-order valence-corrected chi connectivity index (χ4v) is 2.34. The predicted octanol–water partition coefficient (Wildman–Crippen LogP) is 2.39. The normalized spacial score (nSPS) is 11.7. The van der Waals surface area contributed by atoms with Crippen LogP contribution in [0.4, 0.5) is 4.79 Å². The van der Waals surface area contributed by atoms with E-state index in [2.05, 4.69) is 15.6 Å². The maximum absolute atomic E-state index is 11.8. The predicted molar refractivity (Wildman–Crippen MR) is 90.2 cm³/mol. The van der Waals surface area contributed by atoms with Gasteiger partial charge >= 0.3 is 6.03 Å². The van der Waals surface area contributed by atoms with E-state index in [9.17, 15) is 9.90 Å². The number of halogens is 1. The highest BCUT2D eigenvalue weighted by Gasteiger charge is 2.11. The van der Waals surface area contributed by atoms with Gasteiger partial charge in [0.15, 0.2) is 0 Å². The summed E-state index contributed by atoms with van der Waals surface area (Å²) in [5, 5.41) is 15.6. The highest BCUT2D eigenvalue weighted by Crippen LogP contribution is 2.14. The summed E-state index contributed by atoms with van der Waals surface area (Å²) in [7, 11) is 0. The molecule has 0 saturated heterocycles. The number of hydrogen-bond donors (Lipinski definition) is 3. The number of aliphatic hydroxyl groups is 1. The highest BCUT2D eigenvalue weighted by atomic mass is 35.5. The van der Waals surface area contributed by atoms with Crippen LogP contribution < -0.4 is 10.6 Å². The number of hydrogen-bond acceptors (Lipinski definition) is 3. The van der Waals surface area contributed by atoms with Crippen LogP contribution in [-0.4, -0.2) is 29.3 Å². The zero-order valence-corrected chi connectivity index (χ0v) is 13.5. The Hall–Kier alpha value is -2.11. The van der Waals surface area contributed by atoms with Gasteiger partial charge in [-0.2, -0.15) is 0 Å². The van der Waals surface area contributed by atoms with Gasteiger partial charge in [0.05, 0.1) is 0 Å². The SMILES string of the molecule is O=C(NCc1ccccc1Cl)NCC(CO)Cc1ccccn1. The van der Waals surface area contributed by atoms with Crippen molar-refractivity contribution in [3.63, 3.8) is 0 Å². The number of carbonyl (C=O) groups excluding carboxylic acids is 1. The van der Waals surface area contributed by atoms with Gasteiger partial charge in [0, 0.05) is 42.5 Å². The fourth-order valence-electron chi connectivity index (χ4n) is 2.13. The lowest BCUT2D eigenvalue weighted by Crippen LogP contribution is -2.39. The number of nitrogens with one attached hydrogen (secondary N) is 2. The van der Waals surface area contributed by atoms with Crippen molar-refractivity contribution in [3.8, 4) is 0 Å². The first-order valence-corrected chi connectivity index (χ1v) is 7.82. The molecule has 0 aliphatic rings. The van der Waals surface area contributed by atoms with E-state index in [1.807, 2.05) is 36.4 Å². The number of aromatic nitrogens is 1. The van der Waals surface area contributed by atoms with Crippen molar-refractivity contribution in [2.75, 3.05) is 13.2 Å². The Labute approximate surface area is 140 Å². The molecule has 0 fully saturated rings. The number of nitrogens with zero attached hydrogens (tertiary/aromatic N) is 1. The van der Waals surface area contributed by atoms with Gasteiger partial charge in [-0.05, 0) is 30.2 Å². The standard InChI is InChI=1S/C17H20ClN3O2/c18-16-7-2-1-5-14(16)11-21-17(23)20-10-13(12-22)9-15-6-3-4-8-19-15/h1-8,13,22H,9-12H2,(H2,20,21,23). The maximum Gasteiger partial charge on any atom is 0.315 e. The number of amides is 2. The molecule has 0 aliphatic heterocycles. The van der Waals surface area contributed by atoms with Crippen molar-refractivity contribution in [3.05, 3.63) is 64.9 Å². The van der Waals surface area contributed by atoms with Crippen molar-refractivity contribution in [2.24, 2.45) is 5.92 Å². The van der Waals surface area contributed by atoms with Crippen LogP contribution in [0.3, 0.4) is 0 Å². The van der Waals surface area contributed by atoms with Gasteiger partial charge in [-0.1, -0.05) is 35.9 Å². The number of benzene rings is 1. The second-order valence-corrected chi connectivity index (χ2v) is 5.64. The molecule has 0 bridgehead atoms. The summed E-state index contributed by atoms with van der Waals surface area (Å²) >= 11 is 6.04. The van der Waals surface area contributed by atoms with E-state index in [0.717, 1.165) is 11.3 Å². The average Bonchev–Trinajstić information content (AvgIpc) is 2.58. The van der Waals surface area contributed by atoms with Crippen LogP contribution in [0.25, 0.3) is 0 Å². The third-order valence-electron chi connectivity index (χ3n) is 3.43. The Morgan fingerprint density at radius 1 is 1.17 bits per heavy atom. The van der Waals surface area contributed by atoms with Gasteiger partial charge in [0.25, 0.3) is 0 Å². The smallest absolute Gasteiger partial charge is 0.315 e. The van der Waals surface area contributed by atoms with E-state index in [1.54, 1.807) is 12.3 Å².